The first-order chi connectivity index (χ1) is 22.2. The Labute approximate surface area is 269 Å². The zero-order valence-electron chi connectivity index (χ0n) is 25.5. The number of carbonyl (C=O) groups excluding carboxylic acids is 2. The number of nitrogens with zero attached hydrogens (tertiary/aromatic N) is 1. The number of nitrogens with one attached hydrogen (secondary N) is 2. The Balaban J connectivity index is 1.48. The van der Waals surface area contributed by atoms with Gasteiger partial charge in [0.05, 0.1) is 47.9 Å². The van der Waals surface area contributed by atoms with Crippen LogP contribution in [-0.2, 0) is 25.5 Å². The largest absolute Gasteiger partial charge is 0.489 e. The summed E-state index contributed by atoms with van der Waals surface area (Å²) in [6.45, 7) is -1.61. The highest BCUT2D eigenvalue weighted by Gasteiger charge is 2.35. The lowest BCUT2D eigenvalue weighted by Gasteiger charge is -2.26. The lowest BCUT2D eigenvalue weighted by atomic mass is 10.0. The highest BCUT2D eigenvalue weighted by molar-refractivity contribution is 7.91. The van der Waals surface area contributed by atoms with E-state index in [1.54, 1.807) is 17.0 Å². The number of carbonyl (C=O) groups is 2. The van der Waals surface area contributed by atoms with Crippen LogP contribution >= 0.6 is 0 Å². The summed E-state index contributed by atoms with van der Waals surface area (Å²) in [7, 11) is -1.99. The van der Waals surface area contributed by atoms with Gasteiger partial charge >= 0.3 is 12.8 Å². The Kier molecular flexibility index (Phi) is 11.4. The second-order valence-electron chi connectivity index (χ2n) is 10.8. The van der Waals surface area contributed by atoms with Crippen LogP contribution in [-0.4, -0.2) is 64.9 Å². The van der Waals surface area contributed by atoms with Gasteiger partial charge in [-0.25, -0.2) is 8.42 Å². The molecular weight excluding hydrogens is 649 g/mol. The van der Waals surface area contributed by atoms with Crippen LogP contribution in [0.3, 0.4) is 0 Å². The SMILES string of the molecule is CCS(=O)(=O)c1ccc(C(CC(=O)NC)NC(=O)c2ccc(N3C[C@@H](Oc4ccc(C(F)(F)F)cc4)C[C@H]3COC(F)F)cc2)cc1. The maximum Gasteiger partial charge on any atom is 0.416 e. The second kappa shape index (κ2) is 15.1. The predicted molar refractivity (Wildman–Crippen MR) is 163 cm³/mol. The van der Waals surface area contributed by atoms with Gasteiger partial charge in [0.1, 0.15) is 11.9 Å². The molecule has 0 bridgehead atoms. The molecule has 0 saturated carbocycles. The molecule has 254 valence electrons. The highest BCUT2D eigenvalue weighted by atomic mass is 32.2. The summed E-state index contributed by atoms with van der Waals surface area (Å²) in [5.74, 6) is -0.753. The molecule has 2 amide bonds. The van der Waals surface area contributed by atoms with Gasteiger partial charge < -0.3 is 25.0 Å². The van der Waals surface area contributed by atoms with Gasteiger partial charge in [0, 0.05) is 24.7 Å². The number of rotatable bonds is 13. The summed E-state index contributed by atoms with van der Waals surface area (Å²) < 4.78 is 99.4. The van der Waals surface area contributed by atoms with Gasteiger partial charge in [0.25, 0.3) is 5.91 Å². The van der Waals surface area contributed by atoms with Crippen LogP contribution < -0.4 is 20.3 Å². The summed E-state index contributed by atoms with van der Waals surface area (Å²) >= 11 is 0. The molecule has 0 aliphatic carbocycles. The fourth-order valence-electron chi connectivity index (χ4n) is 5.19. The third-order valence-corrected chi connectivity index (χ3v) is 9.48. The monoisotopic (exact) mass is 683 g/mol. The number of halogens is 5. The topological polar surface area (TPSA) is 114 Å². The summed E-state index contributed by atoms with van der Waals surface area (Å²) in [5.41, 5.74) is 0.493. The van der Waals surface area contributed by atoms with E-state index < -0.39 is 52.3 Å². The molecule has 1 aliphatic rings. The van der Waals surface area contributed by atoms with Crippen molar-refractivity contribution in [2.45, 2.75) is 55.6 Å². The van der Waals surface area contributed by atoms with Crippen LogP contribution in [0.15, 0.2) is 77.7 Å². The Morgan fingerprint density at radius 3 is 2.17 bits per heavy atom. The van der Waals surface area contributed by atoms with Crippen molar-refractivity contribution in [3.8, 4) is 5.75 Å². The maximum absolute atomic E-state index is 13.2. The zero-order chi connectivity index (χ0) is 34.4. The summed E-state index contributed by atoms with van der Waals surface area (Å²) in [4.78, 5) is 27.3. The van der Waals surface area contributed by atoms with Crippen molar-refractivity contribution < 1.29 is 49.4 Å². The third kappa shape index (κ3) is 9.41. The van der Waals surface area contributed by atoms with E-state index in [1.165, 1.54) is 62.5 Å². The zero-order valence-corrected chi connectivity index (χ0v) is 26.3. The van der Waals surface area contributed by atoms with Crippen molar-refractivity contribution >= 4 is 27.3 Å². The fourth-order valence-corrected chi connectivity index (χ4v) is 6.08. The van der Waals surface area contributed by atoms with Gasteiger partial charge in [-0.1, -0.05) is 19.1 Å². The summed E-state index contributed by atoms with van der Waals surface area (Å²) in [5, 5.41) is 5.31. The number of alkyl halides is 5. The Morgan fingerprint density at radius 1 is 0.979 bits per heavy atom. The van der Waals surface area contributed by atoms with Crippen molar-refractivity contribution in [2.75, 3.05) is 30.9 Å². The molecule has 3 aromatic rings. The first kappa shape index (κ1) is 35.6. The fraction of sp³-hybridized carbons (Fsp3) is 0.375. The lowest BCUT2D eigenvalue weighted by Crippen LogP contribution is -2.34. The molecule has 1 aliphatic heterocycles. The molecular formula is C32H34F5N3O6S. The molecule has 1 saturated heterocycles. The van der Waals surface area contributed by atoms with Crippen molar-refractivity contribution in [2.24, 2.45) is 0 Å². The number of hydrogen-bond donors (Lipinski definition) is 2. The minimum absolute atomic E-state index is 0.0784. The number of anilines is 1. The molecule has 3 aromatic carbocycles. The van der Waals surface area contributed by atoms with Gasteiger partial charge in [-0.05, 0) is 66.2 Å². The first-order valence-electron chi connectivity index (χ1n) is 14.6. The van der Waals surface area contributed by atoms with Crippen molar-refractivity contribution in [3.05, 3.63) is 89.5 Å². The van der Waals surface area contributed by atoms with Crippen molar-refractivity contribution in [1.29, 1.82) is 0 Å². The minimum atomic E-state index is -4.50. The van der Waals surface area contributed by atoms with Crippen molar-refractivity contribution in [3.63, 3.8) is 0 Å². The van der Waals surface area contributed by atoms with Gasteiger partial charge in [0.2, 0.25) is 5.91 Å². The van der Waals surface area contributed by atoms with Crippen LogP contribution in [0.5, 0.6) is 5.75 Å². The molecule has 3 atom stereocenters. The molecule has 2 N–H and O–H groups in total. The minimum Gasteiger partial charge on any atom is -0.489 e. The van der Waals surface area contributed by atoms with Crippen LogP contribution in [0.1, 0.15) is 47.3 Å². The third-order valence-electron chi connectivity index (χ3n) is 7.73. The molecule has 9 nitrogen and oxygen atoms in total. The Morgan fingerprint density at radius 2 is 1.62 bits per heavy atom. The van der Waals surface area contributed by atoms with E-state index in [1.807, 2.05) is 0 Å². The predicted octanol–water partition coefficient (Wildman–Crippen LogP) is 5.37. The smallest absolute Gasteiger partial charge is 0.416 e. The van der Waals surface area contributed by atoms with E-state index in [0.717, 1.165) is 12.1 Å². The molecule has 1 unspecified atom stereocenters. The van der Waals surface area contributed by atoms with Gasteiger partial charge in [-0.3, -0.25) is 9.59 Å². The van der Waals surface area contributed by atoms with E-state index in [-0.39, 0.29) is 53.9 Å². The Bertz CT molecular complexity index is 1620. The molecule has 0 radical (unpaired) electrons. The van der Waals surface area contributed by atoms with Gasteiger partial charge in [0.15, 0.2) is 9.84 Å². The molecule has 15 heteroatoms. The standard InChI is InChI=1S/C32H34F5N3O6S/c1-3-47(43,44)27-14-6-20(7-15-27)28(17-29(41)38-2)39-30(42)21-4-10-23(11-5-21)40-18-26(16-24(40)19-45-31(33)34)46-25-12-8-22(9-13-25)32(35,36)37/h4-15,24,26,28,31H,3,16-19H2,1-2H3,(H,38,41)(H,39,42)/t24-,26-,28?/m0/s1. The van der Waals surface area contributed by atoms with Crippen LogP contribution in [0.2, 0.25) is 0 Å². The number of hydrogen-bond acceptors (Lipinski definition) is 7. The van der Waals surface area contributed by atoms with Crippen LogP contribution in [0, 0.1) is 0 Å². The van der Waals surface area contributed by atoms with E-state index in [0.29, 0.717) is 11.3 Å². The molecule has 1 heterocycles. The number of benzene rings is 3. The lowest BCUT2D eigenvalue weighted by molar-refractivity contribution is -0.137. The average molecular weight is 684 g/mol. The normalized spacial score (nSPS) is 17.4. The molecule has 0 aromatic heterocycles. The first-order valence-corrected chi connectivity index (χ1v) is 16.3. The van der Waals surface area contributed by atoms with E-state index in [2.05, 4.69) is 15.4 Å². The number of ether oxygens (including phenoxy) is 2. The van der Waals surface area contributed by atoms with E-state index in [4.69, 9.17) is 4.74 Å². The van der Waals surface area contributed by atoms with E-state index >= 15 is 0 Å². The number of sulfone groups is 1. The maximum atomic E-state index is 13.2. The molecule has 47 heavy (non-hydrogen) atoms. The average Bonchev–Trinajstić information content (AvgIpc) is 3.45. The van der Waals surface area contributed by atoms with Gasteiger partial charge in [-0.2, -0.15) is 22.0 Å². The number of amides is 2. The quantitative estimate of drug-likeness (QED) is 0.233. The second-order valence-corrected chi connectivity index (χ2v) is 13.1. The molecule has 4 rings (SSSR count). The summed E-state index contributed by atoms with van der Waals surface area (Å²) in [6.07, 6.45) is -4.92. The van der Waals surface area contributed by atoms with Gasteiger partial charge in [-0.15, -0.1) is 0 Å². The molecule has 0 spiro atoms. The Hall–Kier alpha value is -4.24. The highest BCUT2D eigenvalue weighted by Crippen LogP contribution is 2.33. The van der Waals surface area contributed by atoms with Crippen LogP contribution in [0.4, 0.5) is 27.6 Å². The van der Waals surface area contributed by atoms with E-state index in [9.17, 15) is 40.0 Å². The summed E-state index contributed by atoms with van der Waals surface area (Å²) in [6, 6.07) is 15.0. The molecule has 1 fully saturated rings. The van der Waals surface area contributed by atoms with Crippen LogP contribution in [0.25, 0.3) is 0 Å². The van der Waals surface area contributed by atoms with Crippen molar-refractivity contribution in [1.82, 2.24) is 10.6 Å².